The number of urea groups is 1. The molecule has 0 saturated carbocycles. The van der Waals surface area contributed by atoms with Crippen LogP contribution in [0.2, 0.25) is 0 Å². The summed E-state index contributed by atoms with van der Waals surface area (Å²) in [6.45, 7) is -0.0485. The van der Waals surface area contributed by atoms with Gasteiger partial charge in [0.15, 0.2) is 6.10 Å². The fraction of sp³-hybridized carbons (Fsp3) is 0.700. The van der Waals surface area contributed by atoms with Gasteiger partial charge in [0.25, 0.3) is 0 Å². The van der Waals surface area contributed by atoms with Gasteiger partial charge in [0.05, 0.1) is 0 Å². The average molecular weight is 261 g/mol. The number of carboxylic acids is 1. The zero-order valence-corrected chi connectivity index (χ0v) is 10.7. The van der Waals surface area contributed by atoms with Gasteiger partial charge >= 0.3 is 12.0 Å². The third kappa shape index (κ3) is 6.04. The van der Waals surface area contributed by atoms with E-state index in [1.807, 2.05) is 0 Å². The molecule has 0 rings (SSSR count). The molecule has 0 spiro atoms. The summed E-state index contributed by atoms with van der Waals surface area (Å²) in [4.78, 5) is 35.6. The first-order valence-electron chi connectivity index (χ1n) is 5.35. The van der Waals surface area contributed by atoms with Crippen LogP contribution in [0.1, 0.15) is 6.42 Å². The van der Waals surface area contributed by atoms with E-state index in [2.05, 4.69) is 5.32 Å². The largest absolute Gasteiger partial charge is 0.479 e. The molecule has 18 heavy (non-hydrogen) atoms. The minimum absolute atomic E-state index is 0.0206. The molecule has 8 nitrogen and oxygen atoms in total. The van der Waals surface area contributed by atoms with Gasteiger partial charge < -0.3 is 25.3 Å². The third-order valence-corrected chi connectivity index (χ3v) is 2.20. The van der Waals surface area contributed by atoms with Gasteiger partial charge in [0.1, 0.15) is 6.54 Å². The smallest absolute Gasteiger partial charge is 0.332 e. The first kappa shape index (κ1) is 16.2. The Morgan fingerprint density at radius 3 is 2.22 bits per heavy atom. The molecular weight excluding hydrogens is 242 g/mol. The number of hydrogen-bond acceptors (Lipinski definition) is 4. The van der Waals surface area contributed by atoms with Crippen molar-refractivity contribution in [3.8, 4) is 0 Å². The molecule has 0 aromatic heterocycles. The van der Waals surface area contributed by atoms with Crippen molar-refractivity contribution in [2.45, 2.75) is 12.5 Å². The topological polar surface area (TPSA) is 110 Å². The number of aliphatic hydroxyl groups is 1. The van der Waals surface area contributed by atoms with Gasteiger partial charge in [-0.2, -0.15) is 0 Å². The number of aliphatic carboxylic acids is 1. The highest BCUT2D eigenvalue weighted by Gasteiger charge is 2.16. The number of carbonyl (C=O) groups is 3. The maximum absolute atomic E-state index is 11.5. The number of hydrogen-bond donors (Lipinski definition) is 3. The molecule has 0 aliphatic heterocycles. The van der Waals surface area contributed by atoms with Crippen molar-refractivity contribution in [2.24, 2.45) is 0 Å². The summed E-state index contributed by atoms with van der Waals surface area (Å²) >= 11 is 0. The van der Waals surface area contributed by atoms with Crippen LogP contribution in [0, 0.1) is 0 Å². The van der Waals surface area contributed by atoms with Gasteiger partial charge in [-0.3, -0.25) is 4.79 Å². The lowest BCUT2D eigenvalue weighted by Gasteiger charge is -2.19. The minimum Gasteiger partial charge on any atom is -0.479 e. The second kappa shape index (κ2) is 7.49. The van der Waals surface area contributed by atoms with Gasteiger partial charge in [-0.1, -0.05) is 0 Å². The molecule has 0 saturated heterocycles. The summed E-state index contributed by atoms with van der Waals surface area (Å²) in [6, 6.07) is -0.497. The van der Waals surface area contributed by atoms with Crippen molar-refractivity contribution in [3.05, 3.63) is 0 Å². The molecule has 0 unspecified atom stereocenters. The lowest BCUT2D eigenvalue weighted by molar-refractivity contribution is -0.146. The molecule has 104 valence electrons. The highest BCUT2D eigenvalue weighted by atomic mass is 16.4. The molecule has 0 fully saturated rings. The summed E-state index contributed by atoms with van der Waals surface area (Å²) in [5, 5.41) is 19.8. The quantitative estimate of drug-likeness (QED) is 0.542. The molecule has 8 heteroatoms. The molecule has 0 aromatic rings. The highest BCUT2D eigenvalue weighted by molar-refractivity contribution is 5.83. The molecule has 1 atom stereocenters. The number of carbonyl (C=O) groups excluding carboxylic acids is 2. The number of nitrogens with zero attached hydrogens (tertiary/aromatic N) is 2. The molecule has 0 aliphatic carbocycles. The maximum Gasteiger partial charge on any atom is 0.332 e. The summed E-state index contributed by atoms with van der Waals surface area (Å²) in [7, 11) is 4.61. The van der Waals surface area contributed by atoms with Crippen LogP contribution in [0.15, 0.2) is 0 Å². The van der Waals surface area contributed by atoms with E-state index in [4.69, 9.17) is 10.2 Å². The Bertz CT molecular complexity index is 319. The molecule has 3 amide bonds. The molecule has 3 N–H and O–H groups in total. The van der Waals surface area contributed by atoms with E-state index < -0.39 is 18.1 Å². The van der Waals surface area contributed by atoms with Crippen molar-refractivity contribution in [1.29, 1.82) is 0 Å². The highest BCUT2D eigenvalue weighted by Crippen LogP contribution is 1.92. The van der Waals surface area contributed by atoms with Crippen LogP contribution in [0.4, 0.5) is 4.79 Å². The lowest BCUT2D eigenvalue weighted by atomic mass is 10.2. The average Bonchev–Trinajstić information content (AvgIpc) is 2.27. The van der Waals surface area contributed by atoms with Gasteiger partial charge in [-0.25, -0.2) is 9.59 Å². The van der Waals surface area contributed by atoms with Crippen molar-refractivity contribution in [1.82, 2.24) is 15.1 Å². The van der Waals surface area contributed by atoms with Crippen LogP contribution in [0.3, 0.4) is 0 Å². The minimum atomic E-state index is -1.50. The number of likely N-dealkylation sites (N-methyl/N-ethyl adjacent to an activating group) is 2. The van der Waals surface area contributed by atoms with Crippen molar-refractivity contribution in [3.63, 3.8) is 0 Å². The standard InChI is InChI=1S/C10H19N3O5/c1-12(2)8(15)6-13(3)10(18)11-5-4-7(14)9(16)17/h7,14H,4-6H2,1-3H3,(H,11,18)(H,16,17)/t7-/m0/s1. The fourth-order valence-electron chi connectivity index (χ4n) is 0.990. The summed E-state index contributed by atoms with van der Waals surface area (Å²) < 4.78 is 0. The molecular formula is C10H19N3O5. The molecule has 0 heterocycles. The number of aliphatic hydroxyl groups excluding tert-OH is 1. The molecule has 0 aliphatic rings. The van der Waals surface area contributed by atoms with Crippen LogP contribution in [0.5, 0.6) is 0 Å². The zero-order chi connectivity index (χ0) is 14.3. The molecule has 0 bridgehead atoms. The van der Waals surface area contributed by atoms with E-state index >= 15 is 0 Å². The maximum atomic E-state index is 11.5. The van der Waals surface area contributed by atoms with Gasteiger partial charge in [0, 0.05) is 34.1 Å². The van der Waals surface area contributed by atoms with Gasteiger partial charge in [-0.05, 0) is 0 Å². The van der Waals surface area contributed by atoms with Crippen molar-refractivity contribution < 1.29 is 24.6 Å². The van der Waals surface area contributed by atoms with Crippen LogP contribution in [-0.2, 0) is 9.59 Å². The monoisotopic (exact) mass is 261 g/mol. The van der Waals surface area contributed by atoms with Gasteiger partial charge in [0.2, 0.25) is 5.91 Å². The summed E-state index contributed by atoms with van der Waals surface area (Å²) in [5.41, 5.74) is 0. The normalized spacial score (nSPS) is 11.6. The first-order chi connectivity index (χ1) is 8.25. The SMILES string of the molecule is CN(C)C(=O)CN(C)C(=O)NCC[C@H](O)C(=O)O. The van der Waals surface area contributed by atoms with E-state index in [0.29, 0.717) is 0 Å². The predicted molar refractivity (Wildman–Crippen MR) is 63.0 cm³/mol. The zero-order valence-electron chi connectivity index (χ0n) is 10.7. The Morgan fingerprint density at radius 2 is 1.78 bits per heavy atom. The van der Waals surface area contributed by atoms with E-state index in [1.54, 1.807) is 14.1 Å². The second-order valence-corrected chi connectivity index (χ2v) is 4.02. The van der Waals surface area contributed by atoms with E-state index in [0.717, 1.165) is 0 Å². The van der Waals surface area contributed by atoms with E-state index in [9.17, 15) is 14.4 Å². The summed E-state index contributed by atoms with van der Waals surface area (Å²) in [6.07, 6.45) is -1.59. The number of amides is 3. The predicted octanol–water partition coefficient (Wildman–Crippen LogP) is -1.45. The second-order valence-electron chi connectivity index (χ2n) is 4.02. The van der Waals surface area contributed by atoms with E-state index in [-0.39, 0.29) is 25.4 Å². The summed E-state index contributed by atoms with van der Waals surface area (Å²) in [5.74, 6) is -1.56. The number of nitrogens with one attached hydrogen (secondary N) is 1. The Morgan fingerprint density at radius 1 is 1.22 bits per heavy atom. The fourth-order valence-corrected chi connectivity index (χ4v) is 0.990. The molecule has 0 aromatic carbocycles. The Labute approximate surface area is 105 Å². The Balaban J connectivity index is 3.95. The van der Waals surface area contributed by atoms with Crippen LogP contribution in [0.25, 0.3) is 0 Å². The number of carboxylic acid groups (broad SMARTS) is 1. The third-order valence-electron chi connectivity index (χ3n) is 2.20. The van der Waals surface area contributed by atoms with Crippen molar-refractivity contribution in [2.75, 3.05) is 34.2 Å². The Kier molecular flexibility index (Phi) is 6.73. The Hall–Kier alpha value is -1.83. The van der Waals surface area contributed by atoms with E-state index in [1.165, 1.54) is 16.8 Å². The van der Waals surface area contributed by atoms with Crippen LogP contribution < -0.4 is 5.32 Å². The lowest BCUT2D eigenvalue weighted by Crippen LogP contribution is -2.43. The number of rotatable bonds is 6. The molecule has 0 radical (unpaired) electrons. The van der Waals surface area contributed by atoms with Crippen molar-refractivity contribution >= 4 is 17.9 Å². The van der Waals surface area contributed by atoms with Crippen LogP contribution in [-0.4, -0.2) is 78.3 Å². The van der Waals surface area contributed by atoms with Crippen LogP contribution >= 0.6 is 0 Å². The first-order valence-corrected chi connectivity index (χ1v) is 5.35. The van der Waals surface area contributed by atoms with Gasteiger partial charge in [-0.15, -0.1) is 0 Å².